The third-order valence-electron chi connectivity index (χ3n) is 4.28. The molecule has 1 aromatic carbocycles. The summed E-state index contributed by atoms with van der Waals surface area (Å²) in [6.45, 7) is 2.09. The number of carbonyl (C=O) groups excluding carboxylic acids is 2. The summed E-state index contributed by atoms with van der Waals surface area (Å²) < 4.78 is 4.80. The zero-order valence-corrected chi connectivity index (χ0v) is 14.8. The lowest BCUT2D eigenvalue weighted by molar-refractivity contribution is -0.146. The lowest BCUT2D eigenvalue weighted by Gasteiger charge is -2.33. The number of methoxy groups -OCH3 is 1. The highest BCUT2D eigenvalue weighted by Gasteiger charge is 2.27. The molecule has 1 fully saturated rings. The number of rotatable bonds is 5. The molecule has 0 aromatic heterocycles. The number of esters is 1. The van der Waals surface area contributed by atoms with Gasteiger partial charge >= 0.3 is 5.97 Å². The molecule has 1 heterocycles. The van der Waals surface area contributed by atoms with Crippen LogP contribution in [-0.2, 0) is 20.9 Å². The topological polar surface area (TPSA) is 83.0 Å². The second kappa shape index (κ2) is 9.66. The number of nitrogens with one attached hydrogen (secondary N) is 2. The van der Waals surface area contributed by atoms with Gasteiger partial charge in [0.25, 0.3) is 0 Å². The van der Waals surface area contributed by atoms with Gasteiger partial charge in [-0.25, -0.2) is 0 Å². The molecule has 2 N–H and O–H groups in total. The number of hydrogen-bond donors (Lipinski definition) is 2. The molecule has 0 unspecified atom stereocenters. The molecule has 0 radical (unpaired) electrons. The van der Waals surface area contributed by atoms with Crippen LogP contribution in [0.5, 0.6) is 0 Å². The van der Waals surface area contributed by atoms with Crippen LogP contribution in [0, 0.1) is 5.92 Å². The predicted molar refractivity (Wildman–Crippen MR) is 96.0 cm³/mol. The van der Waals surface area contributed by atoms with Gasteiger partial charge in [0, 0.05) is 26.7 Å². The van der Waals surface area contributed by atoms with Crippen LogP contribution in [0.1, 0.15) is 18.4 Å². The number of hydrogen-bond acceptors (Lipinski definition) is 4. The lowest BCUT2D eigenvalue weighted by atomic mass is 9.97. The highest BCUT2D eigenvalue weighted by Crippen LogP contribution is 2.18. The summed E-state index contributed by atoms with van der Waals surface area (Å²) >= 11 is 0. The highest BCUT2D eigenvalue weighted by molar-refractivity contribution is 5.86. The Labute approximate surface area is 148 Å². The van der Waals surface area contributed by atoms with Crippen molar-refractivity contribution in [2.45, 2.75) is 19.4 Å². The average molecular weight is 346 g/mol. The van der Waals surface area contributed by atoms with Crippen molar-refractivity contribution in [1.82, 2.24) is 15.5 Å². The van der Waals surface area contributed by atoms with Crippen molar-refractivity contribution in [2.24, 2.45) is 10.9 Å². The fraction of sp³-hybridized carbons (Fsp3) is 0.500. The Bertz CT molecular complexity index is 596. The van der Waals surface area contributed by atoms with Crippen LogP contribution in [-0.4, -0.2) is 56.5 Å². The molecule has 1 aromatic rings. The van der Waals surface area contributed by atoms with Crippen molar-refractivity contribution >= 4 is 17.8 Å². The second-order valence-electron chi connectivity index (χ2n) is 5.95. The maximum Gasteiger partial charge on any atom is 0.308 e. The molecule has 136 valence electrons. The highest BCUT2D eigenvalue weighted by atomic mass is 16.5. The maximum absolute atomic E-state index is 12.0. The van der Waals surface area contributed by atoms with E-state index in [1.54, 1.807) is 7.05 Å². The zero-order chi connectivity index (χ0) is 18.1. The third-order valence-corrected chi connectivity index (χ3v) is 4.28. The van der Waals surface area contributed by atoms with Crippen molar-refractivity contribution in [3.63, 3.8) is 0 Å². The smallest absolute Gasteiger partial charge is 0.308 e. The van der Waals surface area contributed by atoms with Gasteiger partial charge in [-0.2, -0.15) is 0 Å². The molecular weight excluding hydrogens is 320 g/mol. The van der Waals surface area contributed by atoms with E-state index in [0.717, 1.165) is 18.4 Å². The van der Waals surface area contributed by atoms with Crippen molar-refractivity contribution in [3.05, 3.63) is 35.9 Å². The Morgan fingerprint density at radius 1 is 1.20 bits per heavy atom. The van der Waals surface area contributed by atoms with Gasteiger partial charge in [0.05, 0.1) is 19.6 Å². The second-order valence-corrected chi connectivity index (χ2v) is 5.95. The molecule has 1 saturated heterocycles. The minimum atomic E-state index is -0.150. The van der Waals surface area contributed by atoms with Crippen molar-refractivity contribution < 1.29 is 14.3 Å². The number of nitrogens with zero attached hydrogens (tertiary/aromatic N) is 2. The molecule has 1 aliphatic heterocycles. The van der Waals surface area contributed by atoms with Gasteiger partial charge in [0.1, 0.15) is 0 Å². The number of carbonyl (C=O) groups is 2. The molecule has 1 aliphatic rings. The maximum atomic E-state index is 12.0. The molecule has 7 heteroatoms. The summed E-state index contributed by atoms with van der Waals surface area (Å²) in [4.78, 5) is 29.9. The van der Waals surface area contributed by atoms with E-state index >= 15 is 0 Å². The first-order valence-electron chi connectivity index (χ1n) is 8.48. The van der Waals surface area contributed by atoms with Gasteiger partial charge in [0.15, 0.2) is 5.96 Å². The number of benzene rings is 1. The monoisotopic (exact) mass is 346 g/mol. The third kappa shape index (κ3) is 5.77. The Kier molecular flexibility index (Phi) is 7.25. The summed E-state index contributed by atoms with van der Waals surface area (Å²) in [5.41, 5.74) is 1.06. The molecule has 0 atom stereocenters. The molecular formula is C18H26N4O3. The van der Waals surface area contributed by atoms with E-state index in [4.69, 9.17) is 4.74 Å². The van der Waals surface area contributed by atoms with E-state index < -0.39 is 0 Å². The van der Waals surface area contributed by atoms with E-state index in [1.165, 1.54) is 7.11 Å². The average Bonchev–Trinajstić information content (AvgIpc) is 2.67. The minimum Gasteiger partial charge on any atom is -0.469 e. The van der Waals surface area contributed by atoms with Crippen molar-refractivity contribution in [2.75, 3.05) is 33.8 Å². The van der Waals surface area contributed by atoms with Gasteiger partial charge in [-0.3, -0.25) is 14.6 Å². The predicted octanol–water partition coefficient (Wildman–Crippen LogP) is 0.763. The van der Waals surface area contributed by atoms with Gasteiger partial charge < -0.3 is 20.3 Å². The molecule has 0 spiro atoms. The number of aliphatic imine (C=N–C) groups is 1. The standard InChI is InChI=1S/C18H26N4O3/c1-19-18(22-10-8-15(9-11-22)17(24)25-2)21-13-16(23)20-12-14-6-4-3-5-7-14/h3-7,15H,8-13H2,1-2H3,(H,19,21)(H,20,23). The summed E-state index contributed by atoms with van der Waals surface area (Å²) in [7, 11) is 3.11. The van der Waals surface area contributed by atoms with Crippen LogP contribution < -0.4 is 10.6 Å². The Morgan fingerprint density at radius 3 is 2.48 bits per heavy atom. The summed E-state index contributed by atoms with van der Waals surface area (Å²) in [5.74, 6) is 0.393. The molecule has 0 aliphatic carbocycles. The van der Waals surface area contributed by atoms with E-state index in [-0.39, 0.29) is 24.3 Å². The Morgan fingerprint density at radius 2 is 1.88 bits per heavy atom. The van der Waals surface area contributed by atoms with Gasteiger partial charge in [-0.15, -0.1) is 0 Å². The van der Waals surface area contributed by atoms with Crippen LogP contribution in [0.25, 0.3) is 0 Å². The van der Waals surface area contributed by atoms with Crippen LogP contribution >= 0.6 is 0 Å². The van der Waals surface area contributed by atoms with Gasteiger partial charge in [-0.05, 0) is 18.4 Å². The van der Waals surface area contributed by atoms with Crippen molar-refractivity contribution in [3.8, 4) is 0 Å². The SMILES string of the molecule is CN=C(NCC(=O)NCc1ccccc1)N1CCC(C(=O)OC)CC1. The molecule has 0 bridgehead atoms. The number of guanidine groups is 1. The molecule has 25 heavy (non-hydrogen) atoms. The first-order valence-corrected chi connectivity index (χ1v) is 8.48. The first-order chi connectivity index (χ1) is 12.1. The summed E-state index contributed by atoms with van der Waals surface area (Å²) in [6.07, 6.45) is 1.46. The van der Waals surface area contributed by atoms with E-state index in [9.17, 15) is 9.59 Å². The zero-order valence-electron chi connectivity index (χ0n) is 14.8. The van der Waals surface area contributed by atoms with E-state index in [1.807, 2.05) is 30.3 Å². The molecule has 2 rings (SSSR count). The molecule has 0 saturated carbocycles. The van der Waals surface area contributed by atoms with Crippen molar-refractivity contribution in [1.29, 1.82) is 0 Å². The fourth-order valence-corrected chi connectivity index (χ4v) is 2.84. The lowest BCUT2D eigenvalue weighted by Crippen LogP contribution is -2.49. The Balaban J connectivity index is 1.73. The van der Waals surface area contributed by atoms with Gasteiger partial charge in [0.2, 0.25) is 5.91 Å². The fourth-order valence-electron chi connectivity index (χ4n) is 2.84. The van der Waals surface area contributed by atoms with Crippen LogP contribution in [0.15, 0.2) is 35.3 Å². The van der Waals surface area contributed by atoms with Crippen LogP contribution in [0.2, 0.25) is 0 Å². The van der Waals surface area contributed by atoms with E-state index in [2.05, 4.69) is 20.5 Å². The first kappa shape index (κ1) is 18.8. The Hall–Kier alpha value is -2.57. The van der Waals surface area contributed by atoms with E-state index in [0.29, 0.717) is 25.6 Å². The largest absolute Gasteiger partial charge is 0.469 e. The summed E-state index contributed by atoms with van der Waals surface area (Å²) in [5, 5.41) is 5.96. The van der Waals surface area contributed by atoms with Crippen LogP contribution in [0.3, 0.4) is 0 Å². The van der Waals surface area contributed by atoms with Crippen LogP contribution in [0.4, 0.5) is 0 Å². The molecule has 1 amide bonds. The van der Waals surface area contributed by atoms with Gasteiger partial charge in [-0.1, -0.05) is 30.3 Å². The normalized spacial score (nSPS) is 15.6. The summed E-state index contributed by atoms with van der Waals surface area (Å²) in [6, 6.07) is 9.77. The number of ether oxygens (including phenoxy) is 1. The number of amides is 1. The minimum absolute atomic E-state index is 0.0477. The number of likely N-dealkylation sites (tertiary alicyclic amines) is 1. The quantitative estimate of drug-likeness (QED) is 0.467. The number of piperidine rings is 1. The molecule has 7 nitrogen and oxygen atoms in total.